The number of carbonyl (C=O) groups is 2. The molecule has 0 heterocycles. The lowest BCUT2D eigenvalue weighted by Gasteiger charge is -2.11. The van der Waals surface area contributed by atoms with Crippen LogP contribution in [-0.4, -0.2) is 23.7 Å². The van der Waals surface area contributed by atoms with Crippen molar-refractivity contribution in [2.75, 3.05) is 11.9 Å². The molecule has 1 atom stereocenters. The van der Waals surface area contributed by atoms with Crippen LogP contribution in [0.25, 0.3) is 0 Å². The molecule has 3 N–H and O–H groups in total. The van der Waals surface area contributed by atoms with Crippen molar-refractivity contribution in [1.82, 2.24) is 5.32 Å². The Hall–Kier alpha value is -2.04. The fourth-order valence-electron chi connectivity index (χ4n) is 1.76. The quantitative estimate of drug-likeness (QED) is 0.717. The number of carboxylic acid groups (broad SMARTS) is 1. The van der Waals surface area contributed by atoms with Gasteiger partial charge in [0, 0.05) is 18.7 Å². The molecule has 0 fully saturated rings. The Morgan fingerprint density at radius 2 is 1.85 bits per heavy atom. The monoisotopic (exact) mass is 278 g/mol. The van der Waals surface area contributed by atoms with Crippen molar-refractivity contribution in [2.24, 2.45) is 5.92 Å². The second-order valence-electron chi connectivity index (χ2n) is 5.07. The molecule has 20 heavy (non-hydrogen) atoms. The molecule has 1 unspecified atom stereocenters. The van der Waals surface area contributed by atoms with E-state index in [4.69, 9.17) is 5.11 Å². The molecule has 2 amide bonds. The summed E-state index contributed by atoms with van der Waals surface area (Å²) >= 11 is 0. The van der Waals surface area contributed by atoms with E-state index in [0.717, 1.165) is 17.7 Å². The highest BCUT2D eigenvalue weighted by Gasteiger charge is 2.06. The first-order valence-electron chi connectivity index (χ1n) is 6.80. The highest BCUT2D eigenvalue weighted by Crippen LogP contribution is 2.10. The number of hydrogen-bond acceptors (Lipinski definition) is 2. The van der Waals surface area contributed by atoms with E-state index in [9.17, 15) is 9.59 Å². The first kappa shape index (κ1) is 16.0. The molecule has 1 aromatic rings. The van der Waals surface area contributed by atoms with E-state index in [1.807, 2.05) is 38.1 Å². The van der Waals surface area contributed by atoms with Gasteiger partial charge in [0.25, 0.3) is 0 Å². The molecule has 1 aromatic carbocycles. The Balaban J connectivity index is 2.20. The molecule has 0 aliphatic rings. The normalized spacial score (nSPS) is 11.7. The SMILES string of the molecule is Cc1ccc(NC(=O)NCCC(C)CCC(=O)O)cc1. The Kier molecular flexibility index (Phi) is 6.56. The third kappa shape index (κ3) is 6.78. The lowest BCUT2D eigenvalue weighted by atomic mass is 10.0. The summed E-state index contributed by atoms with van der Waals surface area (Å²) in [5.74, 6) is -0.493. The zero-order valence-electron chi connectivity index (χ0n) is 12.0. The zero-order chi connectivity index (χ0) is 15.0. The Morgan fingerprint density at radius 1 is 1.20 bits per heavy atom. The van der Waals surface area contributed by atoms with E-state index in [2.05, 4.69) is 10.6 Å². The first-order valence-corrected chi connectivity index (χ1v) is 6.80. The molecular weight excluding hydrogens is 256 g/mol. The molecule has 5 nitrogen and oxygen atoms in total. The van der Waals surface area contributed by atoms with Gasteiger partial charge in [-0.3, -0.25) is 4.79 Å². The number of hydrogen-bond donors (Lipinski definition) is 3. The van der Waals surface area contributed by atoms with E-state index in [-0.39, 0.29) is 18.4 Å². The van der Waals surface area contributed by atoms with Gasteiger partial charge in [-0.2, -0.15) is 0 Å². The zero-order valence-corrected chi connectivity index (χ0v) is 12.0. The highest BCUT2D eigenvalue weighted by atomic mass is 16.4. The summed E-state index contributed by atoms with van der Waals surface area (Å²) in [6, 6.07) is 7.33. The third-order valence-electron chi connectivity index (χ3n) is 3.08. The van der Waals surface area contributed by atoms with Crippen LogP contribution in [0, 0.1) is 12.8 Å². The van der Waals surface area contributed by atoms with Crippen molar-refractivity contribution in [3.63, 3.8) is 0 Å². The van der Waals surface area contributed by atoms with Crippen molar-refractivity contribution >= 4 is 17.7 Å². The summed E-state index contributed by atoms with van der Waals surface area (Å²) in [7, 11) is 0. The predicted octanol–water partition coefficient (Wildman–Crippen LogP) is 3.01. The van der Waals surface area contributed by atoms with Gasteiger partial charge < -0.3 is 15.7 Å². The van der Waals surface area contributed by atoms with Gasteiger partial charge in [-0.05, 0) is 37.8 Å². The maximum atomic E-state index is 11.6. The van der Waals surface area contributed by atoms with Crippen LogP contribution in [0.3, 0.4) is 0 Å². The van der Waals surface area contributed by atoms with Gasteiger partial charge in [0.2, 0.25) is 0 Å². The third-order valence-corrected chi connectivity index (χ3v) is 3.08. The van der Waals surface area contributed by atoms with Crippen LogP contribution in [0.15, 0.2) is 24.3 Å². The number of rotatable bonds is 7. The molecule has 1 rings (SSSR count). The van der Waals surface area contributed by atoms with Gasteiger partial charge >= 0.3 is 12.0 Å². The summed E-state index contributed by atoms with van der Waals surface area (Å²) in [6.45, 7) is 4.52. The number of aryl methyl sites for hydroxylation is 1. The van der Waals surface area contributed by atoms with E-state index in [1.165, 1.54) is 0 Å². The first-order chi connectivity index (χ1) is 9.47. The Morgan fingerprint density at radius 3 is 2.45 bits per heavy atom. The van der Waals surface area contributed by atoms with Gasteiger partial charge in [0.15, 0.2) is 0 Å². The average molecular weight is 278 g/mol. The second-order valence-corrected chi connectivity index (χ2v) is 5.07. The fraction of sp³-hybridized carbons (Fsp3) is 0.467. The van der Waals surface area contributed by atoms with Gasteiger partial charge in [-0.15, -0.1) is 0 Å². The van der Waals surface area contributed by atoms with Crippen LogP contribution < -0.4 is 10.6 Å². The van der Waals surface area contributed by atoms with Crippen LogP contribution >= 0.6 is 0 Å². The Labute approximate surface area is 119 Å². The van der Waals surface area contributed by atoms with Crippen molar-refractivity contribution in [3.8, 4) is 0 Å². The summed E-state index contributed by atoms with van der Waals surface area (Å²) in [5, 5.41) is 14.1. The number of carboxylic acids is 1. The molecule has 0 radical (unpaired) electrons. The molecule has 0 aliphatic carbocycles. The van der Waals surface area contributed by atoms with Crippen molar-refractivity contribution in [2.45, 2.75) is 33.1 Å². The van der Waals surface area contributed by atoms with E-state index < -0.39 is 5.97 Å². The largest absolute Gasteiger partial charge is 0.481 e. The van der Waals surface area contributed by atoms with Gasteiger partial charge in [0.05, 0.1) is 0 Å². The highest BCUT2D eigenvalue weighted by molar-refractivity contribution is 5.89. The van der Waals surface area contributed by atoms with Gasteiger partial charge in [-0.1, -0.05) is 24.6 Å². The number of anilines is 1. The van der Waals surface area contributed by atoms with Crippen molar-refractivity contribution in [3.05, 3.63) is 29.8 Å². The lowest BCUT2D eigenvalue weighted by molar-refractivity contribution is -0.137. The van der Waals surface area contributed by atoms with Gasteiger partial charge in [-0.25, -0.2) is 4.79 Å². The molecule has 0 saturated carbocycles. The number of nitrogens with one attached hydrogen (secondary N) is 2. The number of amides is 2. The minimum Gasteiger partial charge on any atom is -0.481 e. The standard InChI is InChI=1S/C15H22N2O3/c1-11-3-6-13(7-4-11)17-15(20)16-10-9-12(2)5-8-14(18)19/h3-4,6-7,12H,5,8-10H2,1-2H3,(H,18,19)(H2,16,17,20). The van der Waals surface area contributed by atoms with Gasteiger partial charge in [0.1, 0.15) is 0 Å². The number of carbonyl (C=O) groups excluding carboxylic acids is 1. The second kappa shape index (κ2) is 8.19. The van der Waals surface area contributed by atoms with Crippen LogP contribution in [0.5, 0.6) is 0 Å². The maximum Gasteiger partial charge on any atom is 0.319 e. The predicted molar refractivity (Wildman–Crippen MR) is 78.9 cm³/mol. The molecule has 0 spiro atoms. The summed E-state index contributed by atoms with van der Waals surface area (Å²) in [5.41, 5.74) is 1.90. The summed E-state index contributed by atoms with van der Waals surface area (Å²) in [6.07, 6.45) is 1.59. The number of aliphatic carboxylic acids is 1. The van der Waals surface area contributed by atoms with Crippen LogP contribution in [0.1, 0.15) is 31.7 Å². The smallest absolute Gasteiger partial charge is 0.319 e. The van der Waals surface area contributed by atoms with E-state index >= 15 is 0 Å². The molecule has 0 bridgehead atoms. The minimum atomic E-state index is -0.776. The average Bonchev–Trinajstić information content (AvgIpc) is 2.39. The molecule has 0 aliphatic heterocycles. The topological polar surface area (TPSA) is 78.4 Å². The number of urea groups is 1. The van der Waals surface area contributed by atoms with Crippen LogP contribution in [0.2, 0.25) is 0 Å². The molecule has 0 saturated heterocycles. The van der Waals surface area contributed by atoms with E-state index in [0.29, 0.717) is 13.0 Å². The molecular formula is C15H22N2O3. The summed E-state index contributed by atoms with van der Waals surface area (Å²) in [4.78, 5) is 22.1. The summed E-state index contributed by atoms with van der Waals surface area (Å²) < 4.78 is 0. The van der Waals surface area contributed by atoms with Crippen LogP contribution in [-0.2, 0) is 4.79 Å². The molecule has 110 valence electrons. The minimum absolute atomic E-state index is 0.177. The van der Waals surface area contributed by atoms with Crippen molar-refractivity contribution in [1.29, 1.82) is 0 Å². The van der Waals surface area contributed by atoms with Crippen LogP contribution in [0.4, 0.5) is 10.5 Å². The lowest BCUT2D eigenvalue weighted by Crippen LogP contribution is -2.30. The fourth-order valence-corrected chi connectivity index (χ4v) is 1.76. The number of benzene rings is 1. The molecule has 0 aromatic heterocycles. The van der Waals surface area contributed by atoms with E-state index in [1.54, 1.807) is 0 Å². The molecule has 5 heteroatoms. The van der Waals surface area contributed by atoms with Crippen molar-refractivity contribution < 1.29 is 14.7 Å². The Bertz CT molecular complexity index is 443. The maximum absolute atomic E-state index is 11.6.